The summed E-state index contributed by atoms with van der Waals surface area (Å²) in [7, 11) is 0. The van der Waals surface area contributed by atoms with Crippen LogP contribution in [0.25, 0.3) is 0 Å². The highest BCUT2D eigenvalue weighted by Gasteiger charge is 2.58. The molecule has 12 bridgehead atoms. The Balaban J connectivity index is 1.16. The standard InChI is InChI=1S/C36H60O27/c1-7-25-13(40)19(46)31(52-7)59-26-8(2)54-33(21(48)15(26)42)61-28-10(4-37)56-35(23(50)17(28)44)63-30-12(6-39)57-36(24(51)18(30)45)62-29-11(5-38)55-34(22(49)16(29)43)60-27-9(3)53-32(58-25)20(47)14(27)41/h7-51H,4-6H2,1-3H3. The second kappa shape index (κ2) is 20.3. The van der Waals surface area contributed by atoms with Gasteiger partial charge >= 0.3 is 0 Å². The summed E-state index contributed by atoms with van der Waals surface area (Å²) in [5, 5.41) is 165. The molecule has 22 heterocycles. The molecule has 22 fully saturated rings. The molecule has 0 radical (unpaired) electrons. The zero-order valence-corrected chi connectivity index (χ0v) is 34.0. The van der Waals surface area contributed by atoms with E-state index < -0.39 is 204 Å². The van der Waals surface area contributed by atoms with Gasteiger partial charge in [0.1, 0.15) is 128 Å². The first-order valence-corrected chi connectivity index (χ1v) is 20.7. The van der Waals surface area contributed by atoms with E-state index in [-0.39, 0.29) is 0 Å². The van der Waals surface area contributed by atoms with Crippen molar-refractivity contribution in [3.63, 3.8) is 0 Å². The van der Waals surface area contributed by atoms with Crippen LogP contribution >= 0.6 is 0 Å². The maximum absolute atomic E-state index is 11.2. The van der Waals surface area contributed by atoms with Crippen LogP contribution in [0.15, 0.2) is 0 Å². The first-order chi connectivity index (χ1) is 29.8. The van der Waals surface area contributed by atoms with E-state index in [9.17, 15) is 76.6 Å². The highest BCUT2D eigenvalue weighted by atomic mass is 16.8. The summed E-state index contributed by atoms with van der Waals surface area (Å²) >= 11 is 0. The molecule has 0 amide bonds. The van der Waals surface area contributed by atoms with Crippen molar-refractivity contribution in [1.29, 1.82) is 0 Å². The Bertz CT molecular complexity index is 1460. The molecule has 63 heavy (non-hydrogen) atoms. The average Bonchev–Trinajstić information content (AvgIpc) is 3.25. The lowest BCUT2D eigenvalue weighted by Crippen LogP contribution is -2.68. The molecule has 0 aromatic rings. The van der Waals surface area contributed by atoms with Crippen LogP contribution in [0.3, 0.4) is 0 Å². The number of aliphatic hydroxyl groups is 15. The van der Waals surface area contributed by atoms with Gasteiger partial charge in [-0.1, -0.05) is 0 Å². The minimum absolute atomic E-state index is 0.920. The predicted molar refractivity (Wildman–Crippen MR) is 192 cm³/mol. The monoisotopic (exact) mass is 924 g/mol. The Morgan fingerprint density at radius 2 is 0.413 bits per heavy atom. The van der Waals surface area contributed by atoms with Crippen molar-refractivity contribution in [1.82, 2.24) is 0 Å². The summed E-state index contributed by atoms with van der Waals surface area (Å²) in [6.45, 7) is 1.38. The zero-order valence-electron chi connectivity index (χ0n) is 34.0. The van der Waals surface area contributed by atoms with Crippen molar-refractivity contribution in [2.24, 2.45) is 0 Å². The minimum Gasteiger partial charge on any atom is -0.394 e. The van der Waals surface area contributed by atoms with Gasteiger partial charge in [-0.3, -0.25) is 0 Å². The molecule has 30 unspecified atom stereocenters. The van der Waals surface area contributed by atoms with Gasteiger partial charge in [0.2, 0.25) is 0 Å². The molecular weight excluding hydrogens is 864 g/mol. The Morgan fingerprint density at radius 3 is 0.619 bits per heavy atom. The Morgan fingerprint density at radius 1 is 0.238 bits per heavy atom. The number of rotatable bonds is 3. The molecule has 22 saturated heterocycles. The van der Waals surface area contributed by atoms with Crippen molar-refractivity contribution in [2.45, 2.75) is 205 Å². The highest BCUT2D eigenvalue weighted by Crippen LogP contribution is 2.37. The number of hydrogen-bond donors (Lipinski definition) is 15. The number of hydrogen-bond acceptors (Lipinski definition) is 27. The summed E-state index contributed by atoms with van der Waals surface area (Å²) in [5.41, 5.74) is 0. The van der Waals surface area contributed by atoms with Crippen molar-refractivity contribution >= 4 is 0 Å². The zero-order chi connectivity index (χ0) is 45.9. The van der Waals surface area contributed by atoms with Gasteiger partial charge in [0.15, 0.2) is 37.7 Å². The molecule has 27 nitrogen and oxygen atoms in total. The average molecular weight is 925 g/mol. The molecule has 366 valence electrons. The fourth-order valence-corrected chi connectivity index (χ4v) is 8.85. The molecule has 22 aliphatic rings. The Labute approximate surface area is 358 Å². The van der Waals surface area contributed by atoms with E-state index in [4.69, 9.17) is 56.8 Å². The molecule has 27 heteroatoms. The van der Waals surface area contributed by atoms with Gasteiger partial charge in [0.25, 0.3) is 0 Å². The highest BCUT2D eigenvalue weighted by molar-refractivity contribution is 5.00. The van der Waals surface area contributed by atoms with Gasteiger partial charge in [0.05, 0.1) is 38.1 Å². The van der Waals surface area contributed by atoms with Crippen LogP contribution in [0.5, 0.6) is 0 Å². The van der Waals surface area contributed by atoms with E-state index in [1.807, 2.05) is 0 Å². The van der Waals surface area contributed by atoms with Crippen molar-refractivity contribution in [2.75, 3.05) is 19.8 Å². The fourth-order valence-electron chi connectivity index (χ4n) is 8.85. The third-order valence-electron chi connectivity index (χ3n) is 12.5. The Hall–Kier alpha value is -1.08. The molecular formula is C36H60O27. The lowest BCUT2D eigenvalue weighted by Gasteiger charge is -2.50. The summed E-state index contributed by atoms with van der Waals surface area (Å²) in [4.78, 5) is 0. The summed E-state index contributed by atoms with van der Waals surface area (Å²) in [5.74, 6) is 0. The molecule has 22 aliphatic heterocycles. The van der Waals surface area contributed by atoms with Crippen LogP contribution in [0.4, 0.5) is 0 Å². The first kappa shape index (κ1) is 49.8. The molecule has 0 aromatic carbocycles. The molecule has 0 aliphatic carbocycles. The van der Waals surface area contributed by atoms with Gasteiger partial charge in [0, 0.05) is 0 Å². The van der Waals surface area contributed by atoms with E-state index in [1.54, 1.807) is 0 Å². The molecule has 15 N–H and O–H groups in total. The van der Waals surface area contributed by atoms with Crippen LogP contribution in [0, 0.1) is 0 Å². The van der Waals surface area contributed by atoms with E-state index in [0.717, 1.165) is 0 Å². The molecule has 0 spiro atoms. The van der Waals surface area contributed by atoms with Gasteiger partial charge in [-0.2, -0.15) is 0 Å². The molecule has 0 saturated carbocycles. The molecule has 22 rings (SSSR count). The number of aliphatic hydroxyl groups excluding tert-OH is 15. The minimum atomic E-state index is -2.08. The summed E-state index contributed by atoms with van der Waals surface area (Å²) in [6, 6.07) is 0. The predicted octanol–water partition coefficient (Wildman–Crippen LogP) is -9.97. The second-order valence-corrected chi connectivity index (χ2v) is 16.8. The maximum Gasteiger partial charge on any atom is 0.187 e. The van der Waals surface area contributed by atoms with E-state index in [0.29, 0.717) is 0 Å². The van der Waals surface area contributed by atoms with Crippen LogP contribution in [-0.4, -0.2) is 281 Å². The van der Waals surface area contributed by atoms with Crippen LogP contribution in [0.1, 0.15) is 20.8 Å². The SMILES string of the molecule is CC1OC2OC3C(C)OC(OC4C(CO)OC(OC5C(CO)OC(OC6C(CO)OC(OC7C(C)OC(OC1C(O)C2O)C(O)C7O)C(O)C6O)C(O)C5O)C(O)C4O)C(O)C3O. The Kier molecular flexibility index (Phi) is 16.0. The first-order valence-electron chi connectivity index (χ1n) is 20.7. The van der Waals surface area contributed by atoms with Crippen LogP contribution < -0.4 is 0 Å². The smallest absolute Gasteiger partial charge is 0.187 e. The topological polar surface area (TPSA) is 414 Å². The van der Waals surface area contributed by atoms with Gasteiger partial charge in [-0.05, 0) is 20.8 Å². The lowest BCUT2D eigenvalue weighted by atomic mass is 9.95. The third kappa shape index (κ3) is 9.54. The largest absolute Gasteiger partial charge is 0.394 e. The van der Waals surface area contributed by atoms with Crippen molar-refractivity contribution in [3.05, 3.63) is 0 Å². The van der Waals surface area contributed by atoms with E-state index in [1.165, 1.54) is 20.8 Å². The number of ether oxygens (including phenoxy) is 12. The molecule has 0 aromatic heterocycles. The molecule has 30 atom stereocenters. The summed E-state index contributed by atoms with van der Waals surface area (Å²) < 4.78 is 68.9. The van der Waals surface area contributed by atoms with Crippen LogP contribution in [0.2, 0.25) is 0 Å². The maximum atomic E-state index is 11.2. The van der Waals surface area contributed by atoms with Gasteiger partial charge < -0.3 is 133 Å². The summed E-state index contributed by atoms with van der Waals surface area (Å²) in [6.07, 6.45) is -52.4. The van der Waals surface area contributed by atoms with Gasteiger partial charge in [-0.15, -0.1) is 0 Å². The van der Waals surface area contributed by atoms with E-state index >= 15 is 0 Å². The van der Waals surface area contributed by atoms with E-state index in [2.05, 4.69) is 0 Å². The fraction of sp³-hybridized carbons (Fsp3) is 1.00. The quantitative estimate of drug-likeness (QED) is 0.125. The lowest BCUT2D eigenvalue weighted by molar-refractivity contribution is -0.401. The van der Waals surface area contributed by atoms with Gasteiger partial charge in [-0.25, -0.2) is 0 Å². The van der Waals surface area contributed by atoms with Crippen molar-refractivity contribution < 1.29 is 133 Å². The normalized spacial score (nSPS) is 57.4. The van der Waals surface area contributed by atoms with Crippen LogP contribution in [-0.2, 0) is 56.8 Å². The second-order valence-electron chi connectivity index (χ2n) is 16.8. The third-order valence-corrected chi connectivity index (χ3v) is 12.5. The van der Waals surface area contributed by atoms with Crippen molar-refractivity contribution in [3.8, 4) is 0 Å².